The number of nitrogens with one attached hydrogen (secondary N) is 4. The molecule has 3 aromatic carbocycles. The van der Waals surface area contributed by atoms with Crippen molar-refractivity contribution < 1.29 is 26.4 Å². The van der Waals surface area contributed by atoms with Crippen molar-refractivity contribution in [2.75, 3.05) is 15.4 Å². The maximum Gasteiger partial charge on any atom is 0.416 e. The van der Waals surface area contributed by atoms with Crippen molar-refractivity contribution in [3.05, 3.63) is 84.1 Å². The molecule has 1 aromatic heterocycles. The molecule has 0 aliphatic heterocycles. The lowest BCUT2D eigenvalue weighted by molar-refractivity contribution is -0.137. The zero-order chi connectivity index (χ0) is 24.5. The maximum atomic E-state index is 13.0. The molecule has 0 bridgehead atoms. The van der Waals surface area contributed by atoms with Crippen LogP contribution in [0.2, 0.25) is 0 Å². The normalized spacial score (nSPS) is 11.9. The summed E-state index contributed by atoms with van der Waals surface area (Å²) in [5, 5.41) is 5.59. The predicted octanol–water partition coefficient (Wildman–Crippen LogP) is 5.94. The van der Waals surface area contributed by atoms with Gasteiger partial charge in [-0.15, -0.1) is 0 Å². The molecule has 4 aromatic rings. The fourth-order valence-corrected chi connectivity index (χ4v) is 4.68. The van der Waals surface area contributed by atoms with E-state index in [1.807, 2.05) is 6.07 Å². The molecule has 0 spiro atoms. The van der Waals surface area contributed by atoms with Crippen LogP contribution >= 0.6 is 0 Å². The highest BCUT2D eigenvalue weighted by Gasteiger charge is 2.30. The molecule has 4 rings (SSSR count). The fourth-order valence-electron chi connectivity index (χ4n) is 3.36. The Hall–Kier alpha value is -3.99. The molecule has 0 aliphatic rings. The van der Waals surface area contributed by atoms with Crippen molar-refractivity contribution in [2.24, 2.45) is 0 Å². The Morgan fingerprint density at radius 2 is 1.59 bits per heavy atom. The van der Waals surface area contributed by atoms with Gasteiger partial charge < -0.3 is 15.6 Å². The summed E-state index contributed by atoms with van der Waals surface area (Å²) in [5.74, 6) is 0. The van der Waals surface area contributed by atoms with E-state index in [9.17, 15) is 26.4 Å². The van der Waals surface area contributed by atoms with Gasteiger partial charge in [-0.1, -0.05) is 12.1 Å². The summed E-state index contributed by atoms with van der Waals surface area (Å²) in [6, 6.07) is 14.5. The first kappa shape index (κ1) is 23.2. The lowest BCUT2D eigenvalue weighted by atomic mass is 10.2. The summed E-state index contributed by atoms with van der Waals surface area (Å²) in [6.07, 6.45) is -2.81. The van der Waals surface area contributed by atoms with Crippen LogP contribution in [0.15, 0.2) is 77.8 Å². The van der Waals surface area contributed by atoms with Crippen LogP contribution in [0.3, 0.4) is 0 Å². The number of hydrogen-bond acceptors (Lipinski definition) is 3. The van der Waals surface area contributed by atoms with Gasteiger partial charge in [-0.2, -0.15) is 13.2 Å². The molecule has 7 nitrogen and oxygen atoms in total. The van der Waals surface area contributed by atoms with Crippen LogP contribution in [0.4, 0.5) is 35.0 Å². The fraction of sp³-hybridized carbons (Fsp3) is 0.0870. The minimum atomic E-state index is -4.55. The summed E-state index contributed by atoms with van der Waals surface area (Å²) in [6.45, 7) is 1.61. The van der Waals surface area contributed by atoms with Gasteiger partial charge in [0.15, 0.2) is 0 Å². The van der Waals surface area contributed by atoms with E-state index in [0.717, 1.165) is 23.0 Å². The van der Waals surface area contributed by atoms with Gasteiger partial charge in [0.2, 0.25) is 0 Å². The molecule has 0 unspecified atom stereocenters. The maximum absolute atomic E-state index is 13.0. The largest absolute Gasteiger partial charge is 0.416 e. The van der Waals surface area contributed by atoms with E-state index >= 15 is 0 Å². The highest BCUT2D eigenvalue weighted by atomic mass is 32.2. The SMILES string of the molecule is Cc1ccc(NC(=O)Nc2cccc(C(F)(F)F)c2)cc1S(=O)(=O)Nc1ccc2[nH]ccc2c1. The zero-order valence-corrected chi connectivity index (χ0v) is 18.5. The van der Waals surface area contributed by atoms with E-state index in [2.05, 4.69) is 20.3 Å². The number of halogens is 3. The van der Waals surface area contributed by atoms with Crippen molar-refractivity contribution in [3.63, 3.8) is 0 Å². The number of aromatic amines is 1. The summed E-state index contributed by atoms with van der Waals surface area (Å²) in [7, 11) is -3.99. The monoisotopic (exact) mass is 488 g/mol. The predicted molar refractivity (Wildman–Crippen MR) is 124 cm³/mol. The molecule has 176 valence electrons. The van der Waals surface area contributed by atoms with E-state index in [1.165, 1.54) is 30.3 Å². The quantitative estimate of drug-likeness (QED) is 0.280. The average Bonchev–Trinajstić information content (AvgIpc) is 3.22. The van der Waals surface area contributed by atoms with E-state index in [4.69, 9.17) is 0 Å². The number of carbonyl (C=O) groups excluding carboxylic acids is 1. The van der Waals surface area contributed by atoms with E-state index in [0.29, 0.717) is 11.3 Å². The number of alkyl halides is 3. The lowest BCUT2D eigenvalue weighted by Crippen LogP contribution is -2.20. The Morgan fingerprint density at radius 3 is 2.32 bits per heavy atom. The number of fused-ring (bicyclic) bond motifs is 1. The molecule has 0 fully saturated rings. The molecule has 0 atom stereocenters. The van der Waals surface area contributed by atoms with Crippen molar-refractivity contribution in [2.45, 2.75) is 18.0 Å². The number of urea groups is 1. The Kier molecular flexibility index (Phi) is 5.96. The smallest absolute Gasteiger partial charge is 0.361 e. The van der Waals surface area contributed by atoms with E-state index in [-0.39, 0.29) is 16.3 Å². The van der Waals surface area contributed by atoms with Gasteiger partial charge in [-0.25, -0.2) is 13.2 Å². The molecule has 34 heavy (non-hydrogen) atoms. The average molecular weight is 488 g/mol. The topological polar surface area (TPSA) is 103 Å². The van der Waals surface area contributed by atoms with Crippen LogP contribution in [-0.2, 0) is 16.2 Å². The molecule has 1 heterocycles. The molecule has 0 saturated heterocycles. The second-order valence-corrected chi connectivity index (χ2v) is 9.17. The first-order valence-electron chi connectivity index (χ1n) is 9.97. The third kappa shape index (κ3) is 5.15. The minimum Gasteiger partial charge on any atom is -0.361 e. The Morgan fingerprint density at radius 1 is 0.882 bits per heavy atom. The highest BCUT2D eigenvalue weighted by Crippen LogP contribution is 2.31. The number of rotatable bonds is 5. The highest BCUT2D eigenvalue weighted by molar-refractivity contribution is 7.92. The van der Waals surface area contributed by atoms with Crippen LogP contribution in [0, 0.1) is 6.92 Å². The summed E-state index contributed by atoms with van der Waals surface area (Å²) >= 11 is 0. The third-order valence-corrected chi connectivity index (χ3v) is 6.51. The van der Waals surface area contributed by atoms with Gasteiger partial charge in [0, 0.05) is 34.2 Å². The van der Waals surface area contributed by atoms with Crippen LogP contribution in [0.25, 0.3) is 10.9 Å². The number of H-pyrrole nitrogens is 1. The molecule has 2 amide bonds. The number of aryl methyl sites for hydroxylation is 1. The molecule has 0 radical (unpaired) electrons. The number of hydrogen-bond donors (Lipinski definition) is 4. The van der Waals surface area contributed by atoms with Gasteiger partial charge in [0.05, 0.1) is 10.5 Å². The zero-order valence-electron chi connectivity index (χ0n) is 17.7. The standard InChI is InChI=1S/C23H19F3N4O3S/c1-14-5-6-18(29-22(31)28-17-4-2-3-16(12-17)23(24,25)26)13-21(14)34(32,33)30-19-7-8-20-15(11-19)9-10-27-20/h2-13,27,30H,1H3,(H2,28,29,31). The van der Waals surface area contributed by atoms with Gasteiger partial charge in [-0.3, -0.25) is 4.72 Å². The Balaban J connectivity index is 1.51. The molecule has 11 heteroatoms. The number of anilines is 3. The lowest BCUT2D eigenvalue weighted by Gasteiger charge is -2.14. The Bertz CT molecular complexity index is 1480. The van der Waals surface area contributed by atoms with Crippen molar-refractivity contribution in [1.82, 2.24) is 4.98 Å². The number of benzene rings is 3. The van der Waals surface area contributed by atoms with Gasteiger partial charge in [0.1, 0.15) is 0 Å². The van der Waals surface area contributed by atoms with E-state index < -0.39 is 27.8 Å². The summed E-state index contributed by atoms with van der Waals surface area (Å²) in [4.78, 5) is 15.3. The molecule has 0 saturated carbocycles. The molecular weight excluding hydrogens is 469 g/mol. The molecule has 4 N–H and O–H groups in total. The van der Waals surface area contributed by atoms with Crippen molar-refractivity contribution >= 4 is 44.0 Å². The second kappa shape index (κ2) is 8.75. The van der Waals surface area contributed by atoms with E-state index in [1.54, 1.807) is 31.3 Å². The summed E-state index contributed by atoms with van der Waals surface area (Å²) in [5.41, 5.74) is 0.854. The Labute approximate surface area is 193 Å². The van der Waals surface area contributed by atoms with Gasteiger partial charge in [0.25, 0.3) is 10.0 Å². The summed E-state index contributed by atoms with van der Waals surface area (Å²) < 4.78 is 67.1. The minimum absolute atomic E-state index is 0.0569. The van der Waals surface area contributed by atoms with Crippen LogP contribution in [-0.4, -0.2) is 19.4 Å². The molecular formula is C23H19F3N4O3S. The first-order chi connectivity index (χ1) is 16.0. The van der Waals surface area contributed by atoms with Crippen LogP contribution < -0.4 is 15.4 Å². The third-order valence-electron chi connectivity index (χ3n) is 4.99. The number of sulfonamides is 1. The second-order valence-electron chi connectivity index (χ2n) is 7.52. The molecule has 0 aliphatic carbocycles. The van der Waals surface area contributed by atoms with Gasteiger partial charge in [-0.05, 0) is 67.1 Å². The first-order valence-corrected chi connectivity index (χ1v) is 11.5. The van der Waals surface area contributed by atoms with Crippen LogP contribution in [0.5, 0.6) is 0 Å². The number of carbonyl (C=O) groups is 1. The van der Waals surface area contributed by atoms with Gasteiger partial charge >= 0.3 is 12.2 Å². The van der Waals surface area contributed by atoms with Crippen molar-refractivity contribution in [1.29, 1.82) is 0 Å². The van der Waals surface area contributed by atoms with Crippen molar-refractivity contribution in [3.8, 4) is 0 Å². The van der Waals surface area contributed by atoms with Crippen LogP contribution in [0.1, 0.15) is 11.1 Å². The number of amides is 2. The number of aromatic nitrogens is 1.